The number of H-pyrrole nitrogens is 1. The minimum Gasteiger partial charge on any atom is -0.504 e. The molecule has 3 N–H and O–H groups in total. The van der Waals surface area contributed by atoms with Gasteiger partial charge in [-0.25, -0.2) is 5.10 Å². The average molecular weight is 313 g/mol. The van der Waals surface area contributed by atoms with Crippen molar-refractivity contribution in [2.45, 2.75) is 0 Å². The second-order valence-electron chi connectivity index (χ2n) is 4.39. The summed E-state index contributed by atoms with van der Waals surface area (Å²) in [5.74, 6) is 0.148. The van der Waals surface area contributed by atoms with Gasteiger partial charge in [0.25, 0.3) is 0 Å². The first kappa shape index (κ1) is 14.0. The molecule has 110 valence electrons. The molecule has 7 nitrogen and oxygen atoms in total. The number of phenols is 2. The highest BCUT2D eigenvalue weighted by Gasteiger charge is 2.07. The number of aromatic nitrogens is 4. The van der Waals surface area contributed by atoms with Crippen molar-refractivity contribution in [1.82, 2.24) is 19.9 Å². The zero-order valence-electron chi connectivity index (χ0n) is 11.2. The molecular formula is C14H11N5O2S. The van der Waals surface area contributed by atoms with Gasteiger partial charge in [-0.05, 0) is 48.1 Å². The molecule has 0 spiro atoms. The quantitative estimate of drug-likeness (QED) is 0.391. The van der Waals surface area contributed by atoms with Gasteiger partial charge in [0.2, 0.25) is 4.77 Å². The van der Waals surface area contributed by atoms with Crippen molar-refractivity contribution in [1.29, 1.82) is 0 Å². The van der Waals surface area contributed by atoms with E-state index in [4.69, 9.17) is 12.2 Å². The zero-order valence-corrected chi connectivity index (χ0v) is 12.0. The SMILES string of the molecule is Oc1ccc(C=Nn2c(-c3ccncc3)n[nH]c2=S)cc1O. The summed E-state index contributed by atoms with van der Waals surface area (Å²) in [6.45, 7) is 0. The summed E-state index contributed by atoms with van der Waals surface area (Å²) in [7, 11) is 0. The van der Waals surface area contributed by atoms with Crippen LogP contribution in [0.5, 0.6) is 11.5 Å². The third-order valence-corrected chi connectivity index (χ3v) is 3.17. The average Bonchev–Trinajstić information content (AvgIpc) is 2.90. The fraction of sp³-hybridized carbons (Fsp3) is 0. The molecule has 0 bridgehead atoms. The van der Waals surface area contributed by atoms with Crippen LogP contribution in [0.25, 0.3) is 11.4 Å². The Morgan fingerprint density at radius 1 is 1.14 bits per heavy atom. The number of nitrogens with one attached hydrogen (secondary N) is 1. The van der Waals surface area contributed by atoms with Crippen molar-refractivity contribution < 1.29 is 10.2 Å². The smallest absolute Gasteiger partial charge is 0.216 e. The van der Waals surface area contributed by atoms with Gasteiger partial charge in [0.1, 0.15) is 0 Å². The van der Waals surface area contributed by atoms with Gasteiger partial charge < -0.3 is 10.2 Å². The van der Waals surface area contributed by atoms with Crippen LogP contribution in [0.3, 0.4) is 0 Å². The molecule has 0 aliphatic rings. The fourth-order valence-electron chi connectivity index (χ4n) is 1.83. The van der Waals surface area contributed by atoms with Crippen molar-refractivity contribution >= 4 is 18.4 Å². The minimum absolute atomic E-state index is 0.186. The number of hydrogen-bond acceptors (Lipinski definition) is 6. The molecule has 0 fully saturated rings. The van der Waals surface area contributed by atoms with Crippen LogP contribution in [-0.4, -0.2) is 36.3 Å². The van der Waals surface area contributed by atoms with E-state index in [0.29, 0.717) is 16.2 Å². The van der Waals surface area contributed by atoms with Crippen molar-refractivity contribution in [3.8, 4) is 22.9 Å². The van der Waals surface area contributed by atoms with E-state index in [2.05, 4.69) is 20.3 Å². The Hall–Kier alpha value is -3.00. The van der Waals surface area contributed by atoms with Crippen LogP contribution in [-0.2, 0) is 0 Å². The third kappa shape index (κ3) is 2.72. The number of benzene rings is 1. The summed E-state index contributed by atoms with van der Waals surface area (Å²) in [6.07, 6.45) is 4.81. The first-order chi connectivity index (χ1) is 10.6. The monoisotopic (exact) mass is 313 g/mol. The standard InChI is InChI=1S/C14H11N5O2S/c20-11-2-1-9(7-12(11)21)8-16-19-13(17-18-14(19)22)10-3-5-15-6-4-10/h1-8,20-21H,(H,18,22). The lowest BCUT2D eigenvalue weighted by molar-refractivity contribution is 0.403. The van der Waals surface area contributed by atoms with Crippen molar-refractivity contribution in [2.75, 3.05) is 0 Å². The molecule has 3 aromatic rings. The first-order valence-corrected chi connectivity index (χ1v) is 6.70. The van der Waals surface area contributed by atoms with Crippen LogP contribution in [0, 0.1) is 4.77 Å². The molecule has 1 aromatic carbocycles. The normalized spacial score (nSPS) is 11.1. The highest BCUT2D eigenvalue weighted by molar-refractivity contribution is 7.71. The molecule has 0 atom stereocenters. The Morgan fingerprint density at radius 3 is 2.64 bits per heavy atom. The van der Waals surface area contributed by atoms with Gasteiger partial charge in [-0.3, -0.25) is 4.98 Å². The van der Waals surface area contributed by atoms with Crippen molar-refractivity contribution in [3.05, 3.63) is 53.1 Å². The number of hydrogen-bond donors (Lipinski definition) is 3. The lowest BCUT2D eigenvalue weighted by Gasteiger charge is -2.01. The topological polar surface area (TPSA) is 99.3 Å². The molecule has 0 aliphatic carbocycles. The van der Waals surface area contributed by atoms with Gasteiger partial charge in [0.15, 0.2) is 17.3 Å². The molecule has 3 rings (SSSR count). The second kappa shape index (κ2) is 5.78. The zero-order chi connectivity index (χ0) is 15.5. The maximum atomic E-state index is 9.48. The number of aromatic amines is 1. The molecule has 0 amide bonds. The van der Waals surface area contributed by atoms with Crippen molar-refractivity contribution in [3.63, 3.8) is 0 Å². The summed E-state index contributed by atoms with van der Waals surface area (Å²) >= 11 is 5.16. The first-order valence-electron chi connectivity index (χ1n) is 6.29. The van der Waals surface area contributed by atoms with Gasteiger partial charge >= 0.3 is 0 Å². The van der Waals surface area contributed by atoms with E-state index in [1.165, 1.54) is 23.0 Å². The fourth-order valence-corrected chi connectivity index (χ4v) is 2.01. The van der Waals surface area contributed by atoms with E-state index in [-0.39, 0.29) is 11.5 Å². The highest BCUT2D eigenvalue weighted by Crippen LogP contribution is 2.24. The molecular weight excluding hydrogens is 302 g/mol. The molecule has 2 aromatic heterocycles. The lowest BCUT2D eigenvalue weighted by Crippen LogP contribution is -1.95. The van der Waals surface area contributed by atoms with Gasteiger partial charge in [0.05, 0.1) is 6.21 Å². The van der Waals surface area contributed by atoms with Crippen LogP contribution in [0.2, 0.25) is 0 Å². The molecule has 0 aliphatic heterocycles. The predicted molar refractivity (Wildman–Crippen MR) is 83.4 cm³/mol. The largest absolute Gasteiger partial charge is 0.504 e. The third-order valence-electron chi connectivity index (χ3n) is 2.91. The van der Waals surface area contributed by atoms with Gasteiger partial charge in [0, 0.05) is 18.0 Å². The Balaban J connectivity index is 1.99. The van der Waals surface area contributed by atoms with Crippen LogP contribution < -0.4 is 0 Å². The highest BCUT2D eigenvalue weighted by atomic mass is 32.1. The molecule has 8 heteroatoms. The molecule has 0 saturated heterocycles. The van der Waals surface area contributed by atoms with E-state index >= 15 is 0 Å². The van der Waals surface area contributed by atoms with Gasteiger partial charge in [-0.2, -0.15) is 14.9 Å². The van der Waals surface area contributed by atoms with E-state index in [1.807, 2.05) is 0 Å². The summed E-state index contributed by atoms with van der Waals surface area (Å²) in [6, 6.07) is 7.99. The van der Waals surface area contributed by atoms with Crippen LogP contribution >= 0.6 is 12.2 Å². The summed E-state index contributed by atoms with van der Waals surface area (Å²) < 4.78 is 1.81. The van der Waals surface area contributed by atoms with Gasteiger partial charge in [-0.15, -0.1) is 0 Å². The van der Waals surface area contributed by atoms with E-state index in [1.54, 1.807) is 30.6 Å². The molecule has 0 saturated carbocycles. The maximum absolute atomic E-state index is 9.48. The number of rotatable bonds is 3. The lowest BCUT2D eigenvalue weighted by atomic mass is 10.2. The Kier molecular flexibility index (Phi) is 3.67. The number of nitrogens with zero attached hydrogens (tertiary/aromatic N) is 4. The molecule has 22 heavy (non-hydrogen) atoms. The van der Waals surface area contributed by atoms with E-state index < -0.39 is 0 Å². The Bertz CT molecular complexity index is 886. The van der Waals surface area contributed by atoms with Crippen LogP contribution in [0.4, 0.5) is 0 Å². The minimum atomic E-state index is -0.214. The summed E-state index contributed by atoms with van der Waals surface area (Å²) in [5.41, 5.74) is 1.42. The maximum Gasteiger partial charge on any atom is 0.216 e. The number of aromatic hydroxyl groups is 2. The van der Waals surface area contributed by atoms with Gasteiger partial charge in [-0.1, -0.05) is 0 Å². The summed E-state index contributed by atoms with van der Waals surface area (Å²) in [4.78, 5) is 3.96. The molecule has 0 unspecified atom stereocenters. The summed E-state index contributed by atoms with van der Waals surface area (Å²) in [5, 5.41) is 29.9. The number of pyridine rings is 1. The van der Waals surface area contributed by atoms with E-state index in [9.17, 15) is 10.2 Å². The molecule has 2 heterocycles. The predicted octanol–water partition coefficient (Wildman–Crippen LogP) is 2.30. The Labute approximate surface area is 130 Å². The van der Waals surface area contributed by atoms with Crippen LogP contribution in [0.15, 0.2) is 47.8 Å². The molecule has 0 radical (unpaired) electrons. The number of phenolic OH excluding ortho intramolecular Hbond substituents is 2. The second-order valence-corrected chi connectivity index (χ2v) is 4.78. The van der Waals surface area contributed by atoms with E-state index in [0.717, 1.165) is 5.56 Å². The van der Waals surface area contributed by atoms with Crippen LogP contribution in [0.1, 0.15) is 5.56 Å². The van der Waals surface area contributed by atoms with Crippen molar-refractivity contribution in [2.24, 2.45) is 5.10 Å². The Morgan fingerprint density at radius 2 is 1.91 bits per heavy atom.